The maximum atomic E-state index is 10.3. The summed E-state index contributed by atoms with van der Waals surface area (Å²) in [6, 6.07) is 9.59. The molecule has 3 heterocycles. The molecule has 0 aliphatic rings. The van der Waals surface area contributed by atoms with E-state index in [-0.39, 0.29) is 6.42 Å². The van der Waals surface area contributed by atoms with Gasteiger partial charge in [-0.2, -0.15) is 10.2 Å². The lowest BCUT2D eigenvalue weighted by Crippen LogP contribution is -2.22. The summed E-state index contributed by atoms with van der Waals surface area (Å²) in [5.41, 5.74) is 2.12. The highest BCUT2D eigenvalue weighted by Gasteiger charge is 2.21. The van der Waals surface area contributed by atoms with Crippen LogP contribution in [0.4, 0.5) is 0 Å². The molecule has 0 saturated carbocycles. The second-order valence-corrected chi connectivity index (χ2v) is 7.15. The first-order valence-electron chi connectivity index (χ1n) is 8.61. The SMILES string of the molecule is CC(C)(O)C[C@@H](O)c1cnc2c(cnn2-c2cccc(-c3ncn[nH]3)c2)c1. The minimum absolute atomic E-state index is 0.230. The Hall–Kier alpha value is -3.10. The molecule has 0 fully saturated rings. The Morgan fingerprint density at radius 3 is 2.78 bits per heavy atom. The third kappa shape index (κ3) is 3.57. The van der Waals surface area contributed by atoms with Crippen LogP contribution in [0.5, 0.6) is 0 Å². The fourth-order valence-electron chi connectivity index (χ4n) is 3.03. The molecule has 4 rings (SSSR count). The summed E-state index contributed by atoms with van der Waals surface area (Å²) in [6.07, 6.45) is 4.24. The van der Waals surface area contributed by atoms with E-state index in [1.165, 1.54) is 6.33 Å². The molecule has 8 nitrogen and oxygen atoms in total. The summed E-state index contributed by atoms with van der Waals surface area (Å²) in [6.45, 7) is 3.34. The van der Waals surface area contributed by atoms with E-state index in [1.54, 1.807) is 30.9 Å². The highest BCUT2D eigenvalue weighted by Crippen LogP contribution is 2.26. The Balaban J connectivity index is 1.69. The zero-order chi connectivity index (χ0) is 19.0. The second kappa shape index (κ2) is 6.57. The number of fused-ring (bicyclic) bond motifs is 1. The Labute approximate surface area is 155 Å². The van der Waals surface area contributed by atoms with Crippen LogP contribution in [0.25, 0.3) is 28.1 Å². The molecular weight excluding hydrogens is 344 g/mol. The van der Waals surface area contributed by atoms with Crippen molar-refractivity contribution in [3.05, 3.63) is 54.6 Å². The normalized spacial score (nSPS) is 13.2. The van der Waals surface area contributed by atoms with Gasteiger partial charge in [-0.25, -0.2) is 14.6 Å². The number of pyridine rings is 1. The van der Waals surface area contributed by atoms with Crippen LogP contribution in [0.3, 0.4) is 0 Å². The first-order chi connectivity index (χ1) is 12.9. The molecule has 1 atom stereocenters. The fourth-order valence-corrected chi connectivity index (χ4v) is 3.03. The van der Waals surface area contributed by atoms with Crippen LogP contribution in [-0.4, -0.2) is 45.8 Å². The Morgan fingerprint density at radius 2 is 2.04 bits per heavy atom. The van der Waals surface area contributed by atoms with Crippen molar-refractivity contribution < 1.29 is 10.2 Å². The lowest BCUT2D eigenvalue weighted by Gasteiger charge is -2.21. The molecule has 0 unspecified atom stereocenters. The summed E-state index contributed by atoms with van der Waals surface area (Å²) in [5, 5.41) is 32.2. The number of H-pyrrole nitrogens is 1. The van der Waals surface area contributed by atoms with Crippen molar-refractivity contribution in [1.29, 1.82) is 0 Å². The van der Waals surface area contributed by atoms with Crippen LogP contribution in [0.1, 0.15) is 31.9 Å². The minimum atomic E-state index is -0.959. The summed E-state index contributed by atoms with van der Waals surface area (Å²) >= 11 is 0. The molecule has 138 valence electrons. The van der Waals surface area contributed by atoms with Crippen LogP contribution in [0.2, 0.25) is 0 Å². The molecular formula is C19H20N6O2. The highest BCUT2D eigenvalue weighted by molar-refractivity contribution is 5.77. The molecule has 0 saturated heterocycles. The van der Waals surface area contributed by atoms with E-state index >= 15 is 0 Å². The van der Waals surface area contributed by atoms with Crippen molar-refractivity contribution in [3.8, 4) is 17.1 Å². The molecule has 0 aliphatic heterocycles. The summed E-state index contributed by atoms with van der Waals surface area (Å²) in [5.74, 6) is 0.679. The smallest absolute Gasteiger partial charge is 0.162 e. The van der Waals surface area contributed by atoms with E-state index in [0.717, 1.165) is 16.6 Å². The van der Waals surface area contributed by atoms with Crippen LogP contribution in [0.15, 0.2) is 49.1 Å². The molecule has 27 heavy (non-hydrogen) atoms. The van der Waals surface area contributed by atoms with Gasteiger partial charge in [0.2, 0.25) is 0 Å². The van der Waals surface area contributed by atoms with Gasteiger partial charge in [0, 0.05) is 23.6 Å². The third-order valence-electron chi connectivity index (χ3n) is 4.29. The van der Waals surface area contributed by atoms with Crippen LogP contribution in [0, 0.1) is 0 Å². The predicted octanol–water partition coefficient (Wildman–Crippen LogP) is 2.40. The number of benzene rings is 1. The Morgan fingerprint density at radius 1 is 1.19 bits per heavy atom. The largest absolute Gasteiger partial charge is 0.390 e. The van der Waals surface area contributed by atoms with Gasteiger partial charge in [-0.05, 0) is 37.6 Å². The van der Waals surface area contributed by atoms with Gasteiger partial charge in [-0.3, -0.25) is 5.10 Å². The summed E-state index contributed by atoms with van der Waals surface area (Å²) < 4.78 is 1.74. The number of aromatic nitrogens is 6. The van der Waals surface area contributed by atoms with Gasteiger partial charge in [0.25, 0.3) is 0 Å². The number of nitrogens with one attached hydrogen (secondary N) is 1. The molecule has 3 N–H and O–H groups in total. The van der Waals surface area contributed by atoms with Gasteiger partial charge in [0.05, 0.1) is 23.6 Å². The Bertz CT molecular complexity index is 1070. The van der Waals surface area contributed by atoms with E-state index < -0.39 is 11.7 Å². The van der Waals surface area contributed by atoms with E-state index in [2.05, 4.69) is 25.3 Å². The highest BCUT2D eigenvalue weighted by atomic mass is 16.3. The fraction of sp³-hybridized carbons (Fsp3) is 0.263. The number of aromatic amines is 1. The van der Waals surface area contributed by atoms with Crippen molar-refractivity contribution in [3.63, 3.8) is 0 Å². The number of hydrogen-bond donors (Lipinski definition) is 3. The van der Waals surface area contributed by atoms with Crippen molar-refractivity contribution in [2.24, 2.45) is 0 Å². The number of rotatable bonds is 5. The van der Waals surface area contributed by atoms with Gasteiger partial charge in [-0.1, -0.05) is 12.1 Å². The van der Waals surface area contributed by atoms with Gasteiger partial charge < -0.3 is 10.2 Å². The zero-order valence-electron chi connectivity index (χ0n) is 15.0. The van der Waals surface area contributed by atoms with Crippen molar-refractivity contribution in [2.45, 2.75) is 32.0 Å². The molecule has 0 amide bonds. The van der Waals surface area contributed by atoms with Gasteiger partial charge in [0.15, 0.2) is 11.5 Å². The summed E-state index contributed by atoms with van der Waals surface area (Å²) in [7, 11) is 0. The minimum Gasteiger partial charge on any atom is -0.390 e. The molecule has 1 aromatic carbocycles. The van der Waals surface area contributed by atoms with Crippen molar-refractivity contribution >= 4 is 11.0 Å². The number of nitrogens with zero attached hydrogens (tertiary/aromatic N) is 5. The topological polar surface area (TPSA) is 113 Å². The lowest BCUT2D eigenvalue weighted by molar-refractivity contribution is 0.0178. The summed E-state index contributed by atoms with van der Waals surface area (Å²) in [4.78, 5) is 8.66. The monoisotopic (exact) mass is 364 g/mol. The van der Waals surface area contributed by atoms with E-state index in [4.69, 9.17) is 0 Å². The quantitative estimate of drug-likeness (QED) is 0.501. The number of aliphatic hydroxyl groups excluding tert-OH is 1. The molecule has 0 radical (unpaired) electrons. The first-order valence-corrected chi connectivity index (χ1v) is 8.61. The van der Waals surface area contributed by atoms with Crippen molar-refractivity contribution in [2.75, 3.05) is 0 Å². The maximum Gasteiger partial charge on any atom is 0.162 e. The molecule has 0 spiro atoms. The molecule has 0 aliphatic carbocycles. The number of aliphatic hydroxyl groups is 2. The second-order valence-electron chi connectivity index (χ2n) is 7.15. The maximum absolute atomic E-state index is 10.3. The molecule has 8 heteroatoms. The first kappa shape index (κ1) is 17.3. The average Bonchev–Trinajstić information content (AvgIpc) is 3.30. The number of hydrogen-bond acceptors (Lipinski definition) is 6. The Kier molecular flexibility index (Phi) is 4.21. The van der Waals surface area contributed by atoms with Crippen LogP contribution < -0.4 is 0 Å². The lowest BCUT2D eigenvalue weighted by atomic mass is 9.97. The zero-order valence-corrected chi connectivity index (χ0v) is 15.0. The van der Waals surface area contributed by atoms with Crippen LogP contribution in [-0.2, 0) is 0 Å². The van der Waals surface area contributed by atoms with Crippen LogP contribution >= 0.6 is 0 Å². The molecule has 3 aromatic heterocycles. The third-order valence-corrected chi connectivity index (χ3v) is 4.29. The average molecular weight is 364 g/mol. The van der Waals surface area contributed by atoms with Gasteiger partial charge in [-0.15, -0.1) is 0 Å². The standard InChI is InChI=1S/C19H20N6O2/c1-19(2,27)8-16(26)13-6-14-10-23-25(18(14)20-9-13)15-5-3-4-12(7-15)17-21-11-22-24-17/h3-7,9-11,16,26-27H,8H2,1-2H3,(H,21,22,24)/t16-/m1/s1. The van der Waals surface area contributed by atoms with Crippen molar-refractivity contribution in [1.82, 2.24) is 29.9 Å². The predicted molar refractivity (Wildman–Crippen MR) is 100 cm³/mol. The van der Waals surface area contributed by atoms with Gasteiger partial charge in [0.1, 0.15) is 6.33 Å². The van der Waals surface area contributed by atoms with Gasteiger partial charge >= 0.3 is 0 Å². The van der Waals surface area contributed by atoms with E-state index in [1.807, 2.05) is 30.3 Å². The van der Waals surface area contributed by atoms with E-state index in [0.29, 0.717) is 17.0 Å². The van der Waals surface area contributed by atoms with E-state index in [9.17, 15) is 10.2 Å². The molecule has 0 bridgehead atoms. The molecule has 4 aromatic rings.